The van der Waals surface area contributed by atoms with Crippen LogP contribution in [0.2, 0.25) is 0 Å². The van der Waals surface area contributed by atoms with Gasteiger partial charge >= 0.3 is 5.51 Å². The molecule has 0 radical (unpaired) electrons. The number of rotatable bonds is 8. The van der Waals surface area contributed by atoms with Gasteiger partial charge in [0.1, 0.15) is 24.3 Å². The minimum absolute atomic E-state index is 0.193. The molecule has 0 aliphatic carbocycles. The molecular weight excluding hydrogens is 493 g/mol. The van der Waals surface area contributed by atoms with Crippen molar-refractivity contribution in [3.63, 3.8) is 0 Å². The van der Waals surface area contributed by atoms with Crippen LogP contribution in [0.3, 0.4) is 0 Å². The van der Waals surface area contributed by atoms with E-state index in [0.29, 0.717) is 35.9 Å². The van der Waals surface area contributed by atoms with Gasteiger partial charge in [0.15, 0.2) is 4.90 Å². The average Bonchev–Trinajstić information content (AvgIpc) is 3.56. The molecule has 0 N–H and O–H groups in total. The number of halogens is 3. The van der Waals surface area contributed by atoms with E-state index in [1.807, 2.05) is 24.3 Å². The maximum Gasteiger partial charge on any atom is 0.578 e. The largest absolute Gasteiger partial charge is 0.604 e. The predicted molar refractivity (Wildman–Crippen MR) is 127 cm³/mol. The van der Waals surface area contributed by atoms with Crippen molar-refractivity contribution in [1.29, 1.82) is 0 Å². The van der Waals surface area contributed by atoms with Crippen molar-refractivity contribution in [2.45, 2.75) is 30.0 Å². The van der Waals surface area contributed by atoms with Crippen LogP contribution in [0.1, 0.15) is 29.1 Å². The fourth-order valence-electron chi connectivity index (χ4n) is 2.95. The summed E-state index contributed by atoms with van der Waals surface area (Å²) < 4.78 is 61.8. The molecule has 4 rings (SSSR count). The first-order valence-electron chi connectivity index (χ1n) is 10.6. The van der Waals surface area contributed by atoms with Crippen molar-refractivity contribution < 1.29 is 26.9 Å². The van der Waals surface area contributed by atoms with Gasteiger partial charge < -0.3 is 13.7 Å². The van der Waals surface area contributed by atoms with E-state index in [4.69, 9.17) is 9.15 Å². The molecule has 2 aromatic carbocycles. The molecule has 36 heavy (non-hydrogen) atoms. The lowest BCUT2D eigenvalue weighted by molar-refractivity contribution is -0.0435. The van der Waals surface area contributed by atoms with Crippen LogP contribution in [-0.4, -0.2) is 30.0 Å². The number of oxazole rings is 1. The molecule has 184 valence electrons. The van der Waals surface area contributed by atoms with Crippen LogP contribution in [0.4, 0.5) is 13.2 Å². The van der Waals surface area contributed by atoms with Gasteiger partial charge in [0.05, 0.1) is 23.9 Å². The second-order valence-corrected chi connectivity index (χ2v) is 8.80. The van der Waals surface area contributed by atoms with Crippen LogP contribution in [0.5, 0.6) is 5.75 Å². The molecule has 0 saturated heterocycles. The number of aryl methyl sites for hydroxylation is 1. The number of hydrogen-bond donors (Lipinski definition) is 0. The van der Waals surface area contributed by atoms with Crippen LogP contribution in [-0.2, 0) is 24.3 Å². The van der Waals surface area contributed by atoms with Crippen LogP contribution < -0.4 is 4.74 Å². The van der Waals surface area contributed by atoms with E-state index in [2.05, 4.69) is 27.1 Å². The highest BCUT2D eigenvalue weighted by atomic mass is 32.2. The molecule has 1 unspecified atom stereocenters. The average molecular weight is 513 g/mol. The van der Waals surface area contributed by atoms with Crippen molar-refractivity contribution in [2.75, 3.05) is 0 Å². The maximum absolute atomic E-state index is 12.5. The molecule has 11 heteroatoms. The molecule has 0 aliphatic rings. The van der Waals surface area contributed by atoms with E-state index in [0.717, 1.165) is 5.56 Å². The Bertz CT molecular complexity index is 1340. The molecule has 0 bridgehead atoms. The molecule has 0 fully saturated rings. The third kappa shape index (κ3) is 7.24. The fraction of sp³-hybridized carbons (Fsp3) is 0.160. The van der Waals surface area contributed by atoms with Gasteiger partial charge in [-0.3, -0.25) is 4.68 Å². The highest BCUT2D eigenvalue weighted by molar-refractivity contribution is 7.92. The Balaban J connectivity index is 1.25. The molecule has 1 atom stereocenters. The quantitative estimate of drug-likeness (QED) is 0.242. The molecule has 2 heterocycles. The first-order valence-corrected chi connectivity index (χ1v) is 11.8. The van der Waals surface area contributed by atoms with Gasteiger partial charge in [-0.1, -0.05) is 17.1 Å². The third-order valence-electron chi connectivity index (χ3n) is 4.70. The summed E-state index contributed by atoms with van der Waals surface area (Å²) in [6.07, 6.45) is 8.74. The number of hydrogen-bond acceptors (Lipinski definition) is 6. The Labute approximate surface area is 207 Å². The van der Waals surface area contributed by atoms with E-state index in [-0.39, 0.29) is 11.5 Å². The van der Waals surface area contributed by atoms with Crippen LogP contribution in [0.25, 0.3) is 12.2 Å². The molecule has 0 amide bonds. The Kier molecular flexibility index (Phi) is 8.10. The number of aromatic nitrogens is 4. The van der Waals surface area contributed by atoms with Gasteiger partial charge in [0, 0.05) is 24.3 Å². The second kappa shape index (κ2) is 11.6. The summed E-state index contributed by atoms with van der Waals surface area (Å²) in [6.45, 7) is 0.873. The van der Waals surface area contributed by atoms with Gasteiger partial charge in [-0.05, 0) is 60.2 Å². The highest BCUT2D eigenvalue weighted by Crippen LogP contribution is 2.30. The van der Waals surface area contributed by atoms with Crippen LogP contribution in [0.15, 0.2) is 76.5 Å². The van der Waals surface area contributed by atoms with Gasteiger partial charge in [-0.15, -0.1) is 18.3 Å². The standard InChI is InChI=1S/C25H19F3N4O3S/c26-25(27,28)36(33)23-11-6-20(7-12-23)8-13-24-30-21(18-35-24)17-34-22-9-4-19(5-10-22)3-1-2-15-32-16-14-29-31-32/h4-14,16,18H,2,15,17H2/b13-8+. The minimum atomic E-state index is -4.79. The smallest absolute Gasteiger partial charge is 0.578 e. The number of ether oxygens (including phenoxy) is 1. The Morgan fingerprint density at radius 2 is 1.86 bits per heavy atom. The third-order valence-corrected chi connectivity index (χ3v) is 5.82. The van der Waals surface area contributed by atoms with Gasteiger partial charge in [0.25, 0.3) is 0 Å². The van der Waals surface area contributed by atoms with Crippen LogP contribution >= 0.6 is 0 Å². The maximum atomic E-state index is 12.5. The lowest BCUT2D eigenvalue weighted by Crippen LogP contribution is -2.23. The summed E-state index contributed by atoms with van der Waals surface area (Å²) in [5.74, 6) is 7.14. The molecule has 0 aliphatic heterocycles. The monoisotopic (exact) mass is 512 g/mol. The fourth-order valence-corrected chi connectivity index (χ4v) is 3.60. The van der Waals surface area contributed by atoms with Crippen molar-refractivity contribution >= 4 is 23.3 Å². The minimum Gasteiger partial charge on any atom is -0.604 e. The van der Waals surface area contributed by atoms with Crippen molar-refractivity contribution in [1.82, 2.24) is 20.0 Å². The van der Waals surface area contributed by atoms with E-state index >= 15 is 0 Å². The lowest BCUT2D eigenvalue weighted by Gasteiger charge is -2.11. The molecule has 0 saturated carbocycles. The van der Waals surface area contributed by atoms with Crippen LogP contribution in [0, 0.1) is 11.8 Å². The second-order valence-electron chi connectivity index (χ2n) is 7.32. The summed E-state index contributed by atoms with van der Waals surface area (Å²) in [5, 5.41) is 7.63. The molecule has 7 nitrogen and oxygen atoms in total. The molecular formula is C25H19F3N4O3S. The summed E-state index contributed by atoms with van der Waals surface area (Å²) >= 11 is -3.05. The summed E-state index contributed by atoms with van der Waals surface area (Å²) in [6, 6.07) is 12.6. The predicted octanol–water partition coefficient (Wildman–Crippen LogP) is 5.08. The van der Waals surface area contributed by atoms with Gasteiger partial charge in [-0.25, -0.2) is 4.98 Å². The Morgan fingerprint density at radius 3 is 2.56 bits per heavy atom. The summed E-state index contributed by atoms with van der Waals surface area (Å²) in [7, 11) is 0. The van der Waals surface area contributed by atoms with Crippen molar-refractivity contribution in [3.8, 4) is 17.6 Å². The first kappa shape index (κ1) is 25.1. The van der Waals surface area contributed by atoms with E-state index in [9.17, 15) is 17.7 Å². The van der Waals surface area contributed by atoms with Gasteiger partial charge in [-0.2, -0.15) is 0 Å². The summed E-state index contributed by atoms with van der Waals surface area (Å²) in [5.41, 5.74) is -2.74. The Hall–Kier alpha value is -4.01. The SMILES string of the molecule is [O-][S+](c1ccc(/C=C/c2nc(COc3ccc(C#CCCn4ccnn4)cc3)co2)cc1)C(F)(F)F. The molecule has 2 aromatic heterocycles. The zero-order valence-electron chi connectivity index (χ0n) is 18.7. The number of alkyl halides is 3. The number of nitrogens with zero attached hydrogens (tertiary/aromatic N) is 4. The highest BCUT2D eigenvalue weighted by Gasteiger charge is 2.45. The zero-order chi connectivity index (χ0) is 25.4. The van der Waals surface area contributed by atoms with E-state index < -0.39 is 16.7 Å². The number of benzene rings is 2. The van der Waals surface area contributed by atoms with E-state index in [1.165, 1.54) is 30.5 Å². The van der Waals surface area contributed by atoms with Gasteiger partial charge in [0.2, 0.25) is 5.89 Å². The Morgan fingerprint density at radius 1 is 1.08 bits per heavy atom. The first-order chi connectivity index (χ1) is 17.4. The molecule has 4 aromatic rings. The van der Waals surface area contributed by atoms with E-state index in [1.54, 1.807) is 29.2 Å². The lowest BCUT2D eigenvalue weighted by atomic mass is 10.2. The van der Waals surface area contributed by atoms with Crippen molar-refractivity contribution in [2.24, 2.45) is 0 Å². The molecule has 0 spiro atoms. The zero-order valence-corrected chi connectivity index (χ0v) is 19.5. The summed E-state index contributed by atoms with van der Waals surface area (Å²) in [4.78, 5) is 3.99. The van der Waals surface area contributed by atoms with Crippen molar-refractivity contribution in [3.05, 3.63) is 89.9 Å². The normalized spacial score (nSPS) is 12.3. The topological polar surface area (TPSA) is 89.0 Å².